The van der Waals surface area contributed by atoms with Crippen molar-refractivity contribution in [1.82, 2.24) is 20.0 Å². The van der Waals surface area contributed by atoms with E-state index in [1.165, 1.54) is 0 Å². The van der Waals surface area contributed by atoms with Crippen LogP contribution in [0.5, 0.6) is 0 Å². The summed E-state index contributed by atoms with van der Waals surface area (Å²) < 4.78 is 0. The molecule has 6 heteroatoms. The maximum absolute atomic E-state index is 12.1. The molecule has 0 unspecified atom stereocenters. The van der Waals surface area contributed by atoms with Gasteiger partial charge in [0, 0.05) is 32.2 Å². The van der Waals surface area contributed by atoms with Crippen LogP contribution >= 0.6 is 0 Å². The van der Waals surface area contributed by atoms with E-state index in [1.54, 1.807) is 0 Å². The number of nitrogens with two attached hydrogens (primary N) is 1. The first-order chi connectivity index (χ1) is 10.5. The lowest BCUT2D eigenvalue weighted by Crippen LogP contribution is -2.52. The van der Waals surface area contributed by atoms with E-state index >= 15 is 0 Å². The average molecular weight is 313 g/mol. The van der Waals surface area contributed by atoms with Crippen molar-refractivity contribution < 1.29 is 4.79 Å². The van der Waals surface area contributed by atoms with Crippen LogP contribution in [0.4, 0.5) is 0 Å². The summed E-state index contributed by atoms with van der Waals surface area (Å²) in [6.45, 7) is 12.3. The molecule has 0 radical (unpaired) electrons. The Morgan fingerprint density at radius 3 is 2.41 bits per heavy atom. The summed E-state index contributed by atoms with van der Waals surface area (Å²) in [5, 5.41) is 3.27. The van der Waals surface area contributed by atoms with Crippen molar-refractivity contribution in [3.8, 4) is 0 Å². The van der Waals surface area contributed by atoms with Crippen LogP contribution in [0.25, 0.3) is 0 Å². The van der Waals surface area contributed by atoms with E-state index in [0.717, 1.165) is 65.2 Å². The van der Waals surface area contributed by atoms with Gasteiger partial charge in [0.05, 0.1) is 6.54 Å². The van der Waals surface area contributed by atoms with Crippen molar-refractivity contribution in [3.05, 3.63) is 0 Å². The maximum atomic E-state index is 12.1. The summed E-state index contributed by atoms with van der Waals surface area (Å²) in [5.41, 5.74) is 5.50. The molecular formula is C16H35N5O. The molecule has 0 aromatic carbocycles. The number of amides is 1. The molecule has 0 aromatic heterocycles. The van der Waals surface area contributed by atoms with Gasteiger partial charge in [-0.1, -0.05) is 0 Å². The summed E-state index contributed by atoms with van der Waals surface area (Å²) in [4.78, 5) is 18.8. The highest BCUT2D eigenvalue weighted by molar-refractivity contribution is 5.78. The molecule has 130 valence electrons. The molecule has 3 N–H and O–H groups in total. The molecule has 1 fully saturated rings. The molecule has 1 rings (SSSR count). The lowest BCUT2D eigenvalue weighted by atomic mass is 10.2. The van der Waals surface area contributed by atoms with Gasteiger partial charge in [0.15, 0.2) is 0 Å². The van der Waals surface area contributed by atoms with Crippen molar-refractivity contribution in [1.29, 1.82) is 0 Å². The van der Waals surface area contributed by atoms with E-state index < -0.39 is 0 Å². The second-order valence-corrected chi connectivity index (χ2v) is 6.49. The summed E-state index contributed by atoms with van der Waals surface area (Å²) in [6.07, 6.45) is 2.11. The third kappa shape index (κ3) is 7.54. The Morgan fingerprint density at radius 1 is 1.18 bits per heavy atom. The molecule has 0 bridgehead atoms. The van der Waals surface area contributed by atoms with Crippen molar-refractivity contribution in [2.24, 2.45) is 5.73 Å². The predicted molar refractivity (Wildman–Crippen MR) is 91.9 cm³/mol. The van der Waals surface area contributed by atoms with Gasteiger partial charge >= 0.3 is 0 Å². The fourth-order valence-electron chi connectivity index (χ4n) is 2.74. The highest BCUT2D eigenvalue weighted by atomic mass is 16.2. The predicted octanol–water partition coefficient (Wildman–Crippen LogP) is -0.201. The van der Waals surface area contributed by atoms with Gasteiger partial charge in [0.25, 0.3) is 0 Å². The quantitative estimate of drug-likeness (QED) is 0.547. The minimum atomic E-state index is 0.236. The minimum Gasteiger partial charge on any atom is -0.339 e. The molecule has 0 spiro atoms. The molecule has 1 aliphatic rings. The van der Waals surface area contributed by atoms with E-state index in [0.29, 0.717) is 12.6 Å². The van der Waals surface area contributed by atoms with Gasteiger partial charge in [0.1, 0.15) is 0 Å². The van der Waals surface area contributed by atoms with Crippen LogP contribution in [0.1, 0.15) is 26.7 Å². The highest BCUT2D eigenvalue weighted by Crippen LogP contribution is 2.05. The number of nitrogens with one attached hydrogen (secondary N) is 1. The van der Waals surface area contributed by atoms with Crippen molar-refractivity contribution in [2.75, 3.05) is 66.0 Å². The Balaban J connectivity index is 2.04. The van der Waals surface area contributed by atoms with E-state index in [2.05, 4.69) is 36.0 Å². The minimum absolute atomic E-state index is 0.236. The SMILES string of the molecule is CC(C)N1CCN(C(=O)CNCCCN(C)CCCN)CC1. The first-order valence-corrected chi connectivity index (χ1v) is 8.65. The molecule has 1 amide bonds. The lowest BCUT2D eigenvalue weighted by molar-refractivity contribution is -0.132. The fourth-order valence-corrected chi connectivity index (χ4v) is 2.74. The molecule has 1 heterocycles. The Labute approximate surface area is 136 Å². The summed E-state index contributed by atoms with van der Waals surface area (Å²) in [7, 11) is 2.12. The van der Waals surface area contributed by atoms with Crippen LogP contribution in [0.2, 0.25) is 0 Å². The van der Waals surface area contributed by atoms with Gasteiger partial charge in [-0.25, -0.2) is 0 Å². The zero-order valence-electron chi connectivity index (χ0n) is 14.7. The molecule has 22 heavy (non-hydrogen) atoms. The van der Waals surface area contributed by atoms with Gasteiger partial charge < -0.3 is 20.9 Å². The first kappa shape index (κ1) is 19.4. The number of rotatable bonds is 10. The van der Waals surface area contributed by atoms with Crippen molar-refractivity contribution in [3.63, 3.8) is 0 Å². The van der Waals surface area contributed by atoms with Gasteiger partial charge in [-0.05, 0) is 59.9 Å². The number of nitrogens with zero attached hydrogens (tertiary/aromatic N) is 3. The van der Waals surface area contributed by atoms with E-state index in [4.69, 9.17) is 5.73 Å². The van der Waals surface area contributed by atoms with E-state index in [-0.39, 0.29) is 5.91 Å². The molecule has 0 aromatic rings. The summed E-state index contributed by atoms with van der Waals surface area (Å²) in [5.74, 6) is 0.236. The number of carbonyl (C=O) groups is 1. The molecular weight excluding hydrogens is 278 g/mol. The lowest BCUT2D eigenvalue weighted by Gasteiger charge is -2.37. The standard InChI is InChI=1S/C16H35N5O/c1-15(2)20-10-12-21(13-11-20)16(22)14-18-7-5-9-19(3)8-4-6-17/h15,18H,4-14,17H2,1-3H3. The normalized spacial score (nSPS) is 16.7. The van der Waals surface area contributed by atoms with Gasteiger partial charge in [-0.15, -0.1) is 0 Å². The zero-order chi connectivity index (χ0) is 16.4. The Bertz CT molecular complexity index is 303. The smallest absolute Gasteiger partial charge is 0.236 e. The molecule has 1 saturated heterocycles. The average Bonchev–Trinajstić information content (AvgIpc) is 2.52. The first-order valence-electron chi connectivity index (χ1n) is 8.65. The molecule has 1 aliphatic heterocycles. The highest BCUT2D eigenvalue weighted by Gasteiger charge is 2.21. The molecule has 0 atom stereocenters. The number of hydrogen-bond donors (Lipinski definition) is 2. The third-order valence-electron chi connectivity index (χ3n) is 4.31. The van der Waals surface area contributed by atoms with Crippen LogP contribution in [0.15, 0.2) is 0 Å². The Hall–Kier alpha value is -0.690. The van der Waals surface area contributed by atoms with Gasteiger partial charge in [-0.2, -0.15) is 0 Å². The van der Waals surface area contributed by atoms with E-state index in [1.807, 2.05) is 4.90 Å². The van der Waals surface area contributed by atoms with Crippen molar-refractivity contribution >= 4 is 5.91 Å². The Morgan fingerprint density at radius 2 is 1.82 bits per heavy atom. The zero-order valence-corrected chi connectivity index (χ0v) is 14.7. The van der Waals surface area contributed by atoms with Crippen LogP contribution in [0.3, 0.4) is 0 Å². The van der Waals surface area contributed by atoms with Gasteiger partial charge in [0.2, 0.25) is 5.91 Å². The summed E-state index contributed by atoms with van der Waals surface area (Å²) in [6, 6.07) is 0.576. The van der Waals surface area contributed by atoms with Crippen LogP contribution in [0, 0.1) is 0 Å². The van der Waals surface area contributed by atoms with E-state index in [9.17, 15) is 4.79 Å². The second kappa shape index (κ2) is 10.9. The largest absolute Gasteiger partial charge is 0.339 e. The van der Waals surface area contributed by atoms with Crippen LogP contribution in [-0.2, 0) is 4.79 Å². The third-order valence-corrected chi connectivity index (χ3v) is 4.31. The Kier molecular flexibility index (Phi) is 9.63. The van der Waals surface area contributed by atoms with Crippen molar-refractivity contribution in [2.45, 2.75) is 32.7 Å². The van der Waals surface area contributed by atoms with Crippen LogP contribution in [-0.4, -0.2) is 92.6 Å². The maximum Gasteiger partial charge on any atom is 0.236 e. The summed E-state index contributed by atoms with van der Waals surface area (Å²) >= 11 is 0. The topological polar surface area (TPSA) is 64.8 Å². The van der Waals surface area contributed by atoms with Crippen LogP contribution < -0.4 is 11.1 Å². The van der Waals surface area contributed by atoms with Gasteiger partial charge in [-0.3, -0.25) is 9.69 Å². The molecule has 0 aliphatic carbocycles. The molecule has 0 saturated carbocycles. The molecule has 6 nitrogen and oxygen atoms in total. The number of carbonyl (C=O) groups excluding carboxylic acids is 1. The number of piperazine rings is 1. The fraction of sp³-hybridized carbons (Fsp3) is 0.938. The second-order valence-electron chi connectivity index (χ2n) is 6.49. The monoisotopic (exact) mass is 313 g/mol. The number of hydrogen-bond acceptors (Lipinski definition) is 5.